The van der Waals surface area contributed by atoms with Crippen molar-refractivity contribution in [1.82, 2.24) is 0 Å². The van der Waals surface area contributed by atoms with Gasteiger partial charge in [0.15, 0.2) is 5.17 Å². The van der Waals surface area contributed by atoms with Crippen molar-refractivity contribution in [2.75, 3.05) is 12.4 Å². The second-order valence-corrected chi connectivity index (χ2v) is 2.32. The van der Waals surface area contributed by atoms with Crippen LogP contribution >= 0.6 is 11.8 Å². The van der Waals surface area contributed by atoms with Crippen LogP contribution in [0.5, 0.6) is 0 Å². The summed E-state index contributed by atoms with van der Waals surface area (Å²) in [6.07, 6.45) is 0. The first-order valence-corrected chi connectivity index (χ1v) is 3.28. The Morgan fingerprint density at radius 1 is 1.89 bits per heavy atom. The molecule has 0 saturated heterocycles. The van der Waals surface area contributed by atoms with Crippen molar-refractivity contribution in [3.05, 3.63) is 0 Å². The number of thioether (sulfide) groups is 1. The molecule has 0 radical (unpaired) electrons. The fraction of sp³-hybridized carbons (Fsp3) is 0.500. The zero-order valence-corrected chi connectivity index (χ0v) is 5.61. The topological polar surface area (TPSA) is 76.2 Å². The summed E-state index contributed by atoms with van der Waals surface area (Å²) in [5.74, 6) is 0.550. The molecule has 0 bridgehead atoms. The first-order chi connectivity index (χ1) is 4.27. The van der Waals surface area contributed by atoms with Gasteiger partial charge in [-0.1, -0.05) is 11.8 Å². The SMILES string of the molecule is N=C(N)SCCOC=O. The molecule has 3 N–H and O–H groups in total. The first kappa shape index (κ1) is 8.29. The van der Waals surface area contributed by atoms with Crippen molar-refractivity contribution in [2.24, 2.45) is 5.73 Å². The maximum Gasteiger partial charge on any atom is 0.293 e. The lowest BCUT2D eigenvalue weighted by molar-refractivity contribution is -0.128. The molecule has 0 heterocycles. The van der Waals surface area contributed by atoms with Gasteiger partial charge in [0.1, 0.15) is 6.61 Å². The van der Waals surface area contributed by atoms with Gasteiger partial charge in [0, 0.05) is 5.75 Å². The van der Waals surface area contributed by atoms with Gasteiger partial charge in [0.25, 0.3) is 6.47 Å². The monoisotopic (exact) mass is 148 g/mol. The third-order valence-electron chi connectivity index (χ3n) is 0.527. The molecule has 0 unspecified atom stereocenters. The molecular weight excluding hydrogens is 140 g/mol. The van der Waals surface area contributed by atoms with E-state index in [1.165, 1.54) is 0 Å². The van der Waals surface area contributed by atoms with Crippen LogP contribution in [0.1, 0.15) is 0 Å². The molecule has 0 aromatic heterocycles. The van der Waals surface area contributed by atoms with E-state index in [9.17, 15) is 4.79 Å². The summed E-state index contributed by atoms with van der Waals surface area (Å²) < 4.78 is 4.33. The summed E-state index contributed by atoms with van der Waals surface area (Å²) >= 11 is 1.15. The van der Waals surface area contributed by atoms with E-state index in [0.29, 0.717) is 18.8 Å². The standard InChI is InChI=1S/C4H8N2O2S/c5-4(6)9-2-1-8-3-7/h3H,1-2H2,(H3,5,6). The Labute approximate surface area is 57.3 Å². The Kier molecular flexibility index (Phi) is 5.00. The van der Waals surface area contributed by atoms with E-state index in [4.69, 9.17) is 11.1 Å². The highest BCUT2D eigenvalue weighted by Gasteiger charge is 1.88. The average molecular weight is 148 g/mol. The van der Waals surface area contributed by atoms with Gasteiger partial charge >= 0.3 is 0 Å². The van der Waals surface area contributed by atoms with Crippen LogP contribution < -0.4 is 5.73 Å². The number of hydrogen-bond donors (Lipinski definition) is 2. The highest BCUT2D eigenvalue weighted by molar-refractivity contribution is 8.13. The van der Waals surface area contributed by atoms with Crippen molar-refractivity contribution in [2.45, 2.75) is 0 Å². The fourth-order valence-corrected chi connectivity index (χ4v) is 0.647. The van der Waals surface area contributed by atoms with Crippen molar-refractivity contribution >= 4 is 23.4 Å². The Balaban J connectivity index is 2.91. The molecule has 0 fully saturated rings. The van der Waals surface area contributed by atoms with Crippen molar-refractivity contribution < 1.29 is 9.53 Å². The minimum absolute atomic E-state index is 0.0458. The predicted molar refractivity (Wildman–Crippen MR) is 36.4 cm³/mol. The lowest BCUT2D eigenvalue weighted by Gasteiger charge is -1.95. The van der Waals surface area contributed by atoms with Crippen LogP contribution in [-0.2, 0) is 9.53 Å². The van der Waals surface area contributed by atoms with E-state index >= 15 is 0 Å². The van der Waals surface area contributed by atoms with Crippen LogP contribution in [0.25, 0.3) is 0 Å². The van der Waals surface area contributed by atoms with E-state index in [1.54, 1.807) is 0 Å². The molecular formula is C4H8N2O2S. The van der Waals surface area contributed by atoms with E-state index in [1.807, 2.05) is 0 Å². The molecule has 0 aromatic carbocycles. The fourth-order valence-electron chi connectivity index (χ4n) is 0.248. The van der Waals surface area contributed by atoms with E-state index in [2.05, 4.69) is 4.74 Å². The van der Waals surface area contributed by atoms with Gasteiger partial charge in [-0.25, -0.2) is 0 Å². The van der Waals surface area contributed by atoms with Gasteiger partial charge in [0.2, 0.25) is 0 Å². The molecule has 0 atom stereocenters. The Morgan fingerprint density at radius 2 is 2.56 bits per heavy atom. The van der Waals surface area contributed by atoms with Crippen LogP contribution in [0, 0.1) is 5.41 Å². The van der Waals surface area contributed by atoms with Crippen LogP contribution in [0.3, 0.4) is 0 Å². The molecule has 0 aromatic rings. The summed E-state index contributed by atoms with van der Waals surface area (Å²) in [4.78, 5) is 9.53. The van der Waals surface area contributed by atoms with Gasteiger partial charge in [-0.15, -0.1) is 0 Å². The molecule has 4 nitrogen and oxygen atoms in total. The molecule has 5 heteroatoms. The molecule has 0 saturated carbocycles. The highest BCUT2D eigenvalue weighted by atomic mass is 32.2. The minimum atomic E-state index is 0.0458. The second kappa shape index (κ2) is 5.43. The number of nitrogens with one attached hydrogen (secondary N) is 1. The summed E-state index contributed by atoms with van der Waals surface area (Å²) in [6.45, 7) is 0.689. The summed E-state index contributed by atoms with van der Waals surface area (Å²) in [7, 11) is 0. The molecule has 0 aliphatic carbocycles. The maximum atomic E-state index is 9.53. The number of rotatable bonds is 4. The Morgan fingerprint density at radius 3 is 3.00 bits per heavy atom. The van der Waals surface area contributed by atoms with Gasteiger partial charge in [0.05, 0.1) is 0 Å². The lowest BCUT2D eigenvalue weighted by atomic mass is 10.9. The average Bonchev–Trinajstić information content (AvgIpc) is 1.80. The summed E-state index contributed by atoms with van der Waals surface area (Å²) in [5, 5.41) is 6.77. The lowest BCUT2D eigenvalue weighted by Crippen LogP contribution is -2.06. The van der Waals surface area contributed by atoms with E-state index < -0.39 is 0 Å². The third-order valence-corrected chi connectivity index (χ3v) is 1.21. The van der Waals surface area contributed by atoms with Crippen molar-refractivity contribution in [3.63, 3.8) is 0 Å². The third kappa shape index (κ3) is 7.29. The minimum Gasteiger partial charge on any atom is -0.467 e. The van der Waals surface area contributed by atoms with Gasteiger partial charge in [-0.05, 0) is 0 Å². The molecule has 0 rings (SSSR count). The van der Waals surface area contributed by atoms with Crippen molar-refractivity contribution in [3.8, 4) is 0 Å². The van der Waals surface area contributed by atoms with Gasteiger partial charge in [-0.2, -0.15) is 0 Å². The number of carbonyl (C=O) groups excluding carboxylic acids is 1. The number of carbonyl (C=O) groups is 1. The van der Waals surface area contributed by atoms with Crippen LogP contribution in [0.15, 0.2) is 0 Å². The maximum absolute atomic E-state index is 9.53. The molecule has 0 aliphatic heterocycles. The van der Waals surface area contributed by atoms with E-state index in [0.717, 1.165) is 11.8 Å². The van der Waals surface area contributed by atoms with Crippen LogP contribution in [0.2, 0.25) is 0 Å². The largest absolute Gasteiger partial charge is 0.467 e. The predicted octanol–water partition coefficient (Wildman–Crippen LogP) is -0.214. The zero-order chi connectivity index (χ0) is 7.11. The van der Waals surface area contributed by atoms with E-state index in [-0.39, 0.29) is 5.17 Å². The smallest absolute Gasteiger partial charge is 0.293 e. The number of hydrogen-bond acceptors (Lipinski definition) is 4. The molecule has 0 amide bonds. The van der Waals surface area contributed by atoms with Crippen LogP contribution in [0.4, 0.5) is 0 Å². The van der Waals surface area contributed by atoms with Gasteiger partial charge in [-0.3, -0.25) is 10.2 Å². The molecule has 9 heavy (non-hydrogen) atoms. The molecule has 0 spiro atoms. The van der Waals surface area contributed by atoms with Crippen molar-refractivity contribution in [1.29, 1.82) is 5.41 Å². The Bertz CT molecular complexity index is 107. The summed E-state index contributed by atoms with van der Waals surface area (Å²) in [5.41, 5.74) is 4.98. The second-order valence-electron chi connectivity index (χ2n) is 1.18. The quantitative estimate of drug-likeness (QED) is 0.250. The number of nitrogens with two attached hydrogens (primary N) is 1. The Hall–Kier alpha value is -0.710. The number of ether oxygens (including phenoxy) is 1. The normalized spacial score (nSPS) is 8.44. The molecule has 0 aliphatic rings. The zero-order valence-electron chi connectivity index (χ0n) is 4.79. The first-order valence-electron chi connectivity index (χ1n) is 2.29. The van der Waals surface area contributed by atoms with Gasteiger partial charge < -0.3 is 10.5 Å². The highest BCUT2D eigenvalue weighted by Crippen LogP contribution is 1.95. The molecule has 52 valence electrons. The number of amidine groups is 1. The summed E-state index contributed by atoms with van der Waals surface area (Å²) in [6, 6.07) is 0. The van der Waals surface area contributed by atoms with Crippen LogP contribution in [-0.4, -0.2) is 24.0 Å².